The molecule has 1 atom stereocenters. The summed E-state index contributed by atoms with van der Waals surface area (Å²) in [5, 5.41) is 9.24. The first-order chi connectivity index (χ1) is 17.8. The van der Waals surface area contributed by atoms with Gasteiger partial charge < -0.3 is 19.5 Å². The number of anilines is 1. The lowest BCUT2D eigenvalue weighted by Gasteiger charge is -2.29. The summed E-state index contributed by atoms with van der Waals surface area (Å²) in [5.74, 6) is 2.17. The van der Waals surface area contributed by atoms with E-state index < -0.39 is 12.0 Å². The van der Waals surface area contributed by atoms with Crippen molar-refractivity contribution in [2.24, 2.45) is 0 Å². The molecule has 37 heavy (non-hydrogen) atoms. The van der Waals surface area contributed by atoms with E-state index in [0.717, 1.165) is 16.9 Å². The highest BCUT2D eigenvalue weighted by Crippen LogP contribution is 2.40. The van der Waals surface area contributed by atoms with Gasteiger partial charge in [0.05, 0.1) is 18.3 Å². The van der Waals surface area contributed by atoms with Gasteiger partial charge in [-0.1, -0.05) is 48.5 Å². The van der Waals surface area contributed by atoms with Gasteiger partial charge in [-0.15, -0.1) is 5.10 Å². The smallest absolute Gasteiger partial charge is 0.338 e. The number of allylic oxidation sites excluding steroid dienone is 1. The second-order valence-electron chi connectivity index (χ2n) is 8.67. The molecule has 1 unspecified atom stereocenters. The summed E-state index contributed by atoms with van der Waals surface area (Å²) < 4.78 is 19.4. The predicted octanol–water partition coefficient (Wildman–Crippen LogP) is 6.26. The molecule has 0 aliphatic carbocycles. The van der Waals surface area contributed by atoms with Crippen LogP contribution in [-0.4, -0.2) is 39.2 Å². The Labute approximate surface area is 226 Å². The van der Waals surface area contributed by atoms with Gasteiger partial charge in [-0.2, -0.15) is 4.98 Å². The summed E-state index contributed by atoms with van der Waals surface area (Å²) in [6.45, 7) is 10.3. The van der Waals surface area contributed by atoms with Crippen LogP contribution in [0, 0.1) is 0 Å². The number of fused-ring (bicyclic) bond motifs is 1. The highest BCUT2D eigenvalue weighted by atomic mass is 35.5. The van der Waals surface area contributed by atoms with Crippen molar-refractivity contribution < 1.29 is 19.0 Å². The van der Waals surface area contributed by atoms with E-state index in [-0.39, 0.29) is 6.10 Å². The van der Waals surface area contributed by atoms with Gasteiger partial charge in [0.25, 0.3) is 0 Å². The van der Waals surface area contributed by atoms with Crippen LogP contribution in [0.15, 0.2) is 58.9 Å². The van der Waals surface area contributed by atoms with Crippen molar-refractivity contribution >= 4 is 35.3 Å². The number of carbonyl (C=O) groups excluding carboxylic acids is 1. The SMILES string of the molecule is CCOc1cc(C2C(C(=O)OC(C)C)=C(C)Nc3nc(SCC)nn32)ccc1OCc1ccc(Cl)cc1. The zero-order valence-electron chi connectivity index (χ0n) is 21.6. The van der Waals surface area contributed by atoms with E-state index in [0.29, 0.717) is 52.1 Å². The zero-order valence-corrected chi connectivity index (χ0v) is 23.2. The van der Waals surface area contributed by atoms with Crippen molar-refractivity contribution in [2.75, 3.05) is 17.7 Å². The molecule has 0 radical (unpaired) electrons. The number of esters is 1. The van der Waals surface area contributed by atoms with Crippen LogP contribution < -0.4 is 14.8 Å². The molecule has 1 aliphatic heterocycles. The van der Waals surface area contributed by atoms with Crippen molar-refractivity contribution in [3.05, 3.63) is 69.9 Å². The van der Waals surface area contributed by atoms with Gasteiger partial charge >= 0.3 is 5.97 Å². The second kappa shape index (κ2) is 11.9. The van der Waals surface area contributed by atoms with Crippen molar-refractivity contribution in [2.45, 2.75) is 58.5 Å². The van der Waals surface area contributed by atoms with Crippen LogP contribution in [-0.2, 0) is 16.1 Å². The fourth-order valence-corrected chi connectivity index (χ4v) is 4.68. The van der Waals surface area contributed by atoms with Crippen molar-refractivity contribution in [1.82, 2.24) is 14.8 Å². The van der Waals surface area contributed by atoms with Crippen molar-refractivity contribution in [3.63, 3.8) is 0 Å². The van der Waals surface area contributed by atoms with Gasteiger partial charge in [-0.05, 0) is 68.8 Å². The monoisotopic (exact) mass is 542 g/mol. The minimum absolute atomic E-state index is 0.264. The molecule has 1 N–H and O–H groups in total. The van der Waals surface area contributed by atoms with Crippen LogP contribution in [0.1, 0.15) is 51.8 Å². The zero-order chi connectivity index (χ0) is 26.5. The molecule has 4 rings (SSSR count). The molecule has 0 bridgehead atoms. The van der Waals surface area contributed by atoms with Crippen molar-refractivity contribution in [3.8, 4) is 11.5 Å². The molecule has 0 saturated carbocycles. The number of rotatable bonds is 10. The van der Waals surface area contributed by atoms with Gasteiger partial charge in [0.2, 0.25) is 11.1 Å². The lowest BCUT2D eigenvalue weighted by atomic mass is 9.95. The Morgan fingerprint density at radius 1 is 1.14 bits per heavy atom. The maximum Gasteiger partial charge on any atom is 0.338 e. The lowest BCUT2D eigenvalue weighted by Crippen LogP contribution is -2.30. The fraction of sp³-hybridized carbons (Fsp3) is 0.370. The highest BCUT2D eigenvalue weighted by Gasteiger charge is 2.36. The molecule has 10 heteroatoms. The van der Waals surface area contributed by atoms with Crippen LogP contribution >= 0.6 is 23.4 Å². The first-order valence-electron chi connectivity index (χ1n) is 12.2. The first-order valence-corrected chi connectivity index (χ1v) is 13.6. The largest absolute Gasteiger partial charge is 0.490 e. The van der Waals surface area contributed by atoms with E-state index in [4.69, 9.17) is 30.9 Å². The van der Waals surface area contributed by atoms with E-state index in [1.807, 2.05) is 77.1 Å². The second-order valence-corrected chi connectivity index (χ2v) is 10.3. The van der Waals surface area contributed by atoms with E-state index in [2.05, 4.69) is 10.3 Å². The number of nitrogens with one attached hydrogen (secondary N) is 1. The van der Waals surface area contributed by atoms with Gasteiger partial charge in [0.1, 0.15) is 12.6 Å². The third kappa shape index (κ3) is 6.22. The van der Waals surface area contributed by atoms with Crippen LogP contribution in [0.3, 0.4) is 0 Å². The molecule has 0 fully saturated rings. The molecular formula is C27H31ClN4O4S. The summed E-state index contributed by atoms with van der Waals surface area (Å²) >= 11 is 7.53. The van der Waals surface area contributed by atoms with Crippen LogP contribution in [0.5, 0.6) is 11.5 Å². The van der Waals surface area contributed by atoms with Gasteiger partial charge in [0.15, 0.2) is 11.5 Å². The number of halogens is 1. The number of benzene rings is 2. The highest BCUT2D eigenvalue weighted by molar-refractivity contribution is 7.99. The van der Waals surface area contributed by atoms with Crippen LogP contribution in [0.25, 0.3) is 0 Å². The van der Waals surface area contributed by atoms with E-state index >= 15 is 0 Å². The Kier molecular flexibility index (Phi) is 8.66. The minimum Gasteiger partial charge on any atom is -0.490 e. The summed E-state index contributed by atoms with van der Waals surface area (Å²) in [7, 11) is 0. The quantitative estimate of drug-likeness (QED) is 0.237. The first kappa shape index (κ1) is 26.9. The van der Waals surface area contributed by atoms with E-state index in [9.17, 15) is 4.79 Å². The average Bonchev–Trinajstić information content (AvgIpc) is 3.25. The Morgan fingerprint density at radius 2 is 1.89 bits per heavy atom. The molecule has 2 aromatic carbocycles. The molecule has 196 valence electrons. The number of aromatic nitrogens is 3. The maximum absolute atomic E-state index is 13.3. The van der Waals surface area contributed by atoms with E-state index in [1.165, 1.54) is 11.8 Å². The normalized spacial score (nSPS) is 14.8. The van der Waals surface area contributed by atoms with Crippen molar-refractivity contribution in [1.29, 1.82) is 0 Å². The van der Waals surface area contributed by atoms with Gasteiger partial charge in [-0.3, -0.25) is 0 Å². The molecule has 0 saturated heterocycles. The van der Waals surface area contributed by atoms with Gasteiger partial charge in [0, 0.05) is 10.7 Å². The molecule has 1 aromatic heterocycles. The summed E-state index contributed by atoms with van der Waals surface area (Å²) in [6.07, 6.45) is -0.264. The molecule has 0 amide bonds. The number of hydrogen-bond acceptors (Lipinski definition) is 8. The predicted molar refractivity (Wildman–Crippen MR) is 146 cm³/mol. The standard InChI is InChI=1S/C27H31ClN4O4S/c1-6-34-22-14-19(10-13-21(22)35-15-18-8-11-20(28)12-9-18)24-23(25(33)36-16(3)4)17(5)29-26-30-27(37-7-2)31-32(24)26/h8-14,16,24H,6-7,15H2,1-5H3,(H,29,30,31). The topological polar surface area (TPSA) is 87.5 Å². The molecule has 2 heterocycles. The Hall–Kier alpha value is -3.17. The van der Waals surface area contributed by atoms with Crippen LogP contribution in [0.4, 0.5) is 5.95 Å². The number of thioether (sulfide) groups is 1. The Morgan fingerprint density at radius 3 is 2.57 bits per heavy atom. The summed E-state index contributed by atoms with van der Waals surface area (Å²) in [6, 6.07) is 12.6. The molecular weight excluding hydrogens is 512 g/mol. The molecule has 1 aliphatic rings. The maximum atomic E-state index is 13.3. The number of hydrogen-bond donors (Lipinski definition) is 1. The van der Waals surface area contributed by atoms with E-state index in [1.54, 1.807) is 4.68 Å². The summed E-state index contributed by atoms with van der Waals surface area (Å²) in [5.41, 5.74) is 2.93. The fourth-order valence-electron chi connectivity index (χ4n) is 4.00. The number of carbonyl (C=O) groups is 1. The lowest BCUT2D eigenvalue weighted by molar-refractivity contribution is -0.143. The Bertz CT molecular complexity index is 1290. The molecule has 3 aromatic rings. The van der Waals surface area contributed by atoms with Gasteiger partial charge in [-0.25, -0.2) is 9.48 Å². The average molecular weight is 543 g/mol. The third-order valence-electron chi connectivity index (χ3n) is 5.56. The Balaban J connectivity index is 1.73. The summed E-state index contributed by atoms with van der Waals surface area (Å²) in [4.78, 5) is 17.9. The molecule has 0 spiro atoms. The third-order valence-corrected chi connectivity index (χ3v) is 6.53. The van der Waals surface area contributed by atoms with Crippen LogP contribution in [0.2, 0.25) is 5.02 Å². The number of nitrogens with zero attached hydrogens (tertiary/aromatic N) is 3. The minimum atomic E-state index is -0.550. The molecule has 8 nitrogen and oxygen atoms in total. The number of ether oxygens (including phenoxy) is 3.